The Labute approximate surface area is 186 Å². The molecule has 3 aromatic rings. The maximum Gasteiger partial charge on any atom is 0.276 e. The van der Waals surface area contributed by atoms with Gasteiger partial charge < -0.3 is 9.42 Å². The van der Waals surface area contributed by atoms with Crippen molar-refractivity contribution in [2.75, 3.05) is 26.2 Å². The molecular weight excluding hydrogens is 434 g/mol. The van der Waals surface area contributed by atoms with Gasteiger partial charge in [0, 0.05) is 32.2 Å². The lowest BCUT2D eigenvalue weighted by Gasteiger charge is -2.33. The summed E-state index contributed by atoms with van der Waals surface area (Å²) in [5.74, 6) is 0.699. The van der Waals surface area contributed by atoms with Crippen LogP contribution in [0.15, 0.2) is 57.3 Å². The number of hydrogen-bond acceptors (Lipinski definition) is 6. The zero-order valence-corrected chi connectivity index (χ0v) is 19.2. The molecule has 9 heteroatoms. The van der Waals surface area contributed by atoms with Crippen molar-refractivity contribution in [1.82, 2.24) is 14.4 Å². The zero-order valence-electron chi connectivity index (χ0n) is 17.5. The fourth-order valence-corrected chi connectivity index (χ4v) is 5.65. The van der Waals surface area contributed by atoms with Crippen LogP contribution >= 0.6 is 11.3 Å². The van der Waals surface area contributed by atoms with Crippen LogP contribution < -0.4 is 0 Å². The Bertz CT molecular complexity index is 1130. The highest BCUT2D eigenvalue weighted by Crippen LogP contribution is 2.26. The van der Waals surface area contributed by atoms with Gasteiger partial charge in [-0.3, -0.25) is 4.79 Å². The van der Waals surface area contributed by atoms with Gasteiger partial charge in [0.25, 0.3) is 5.91 Å². The second-order valence-electron chi connectivity index (χ2n) is 7.63. The maximum atomic E-state index is 13.0. The number of piperazine rings is 1. The summed E-state index contributed by atoms with van der Waals surface area (Å²) < 4.78 is 32.8. The van der Waals surface area contributed by atoms with Crippen LogP contribution in [0.25, 0.3) is 10.6 Å². The van der Waals surface area contributed by atoms with E-state index in [1.54, 1.807) is 23.1 Å². The van der Waals surface area contributed by atoms with Crippen LogP contribution in [0.5, 0.6) is 0 Å². The molecule has 1 unspecified atom stereocenters. The monoisotopic (exact) mass is 459 g/mol. The second-order valence-corrected chi connectivity index (χ2v) is 10.5. The van der Waals surface area contributed by atoms with E-state index in [2.05, 4.69) is 19.0 Å². The quantitative estimate of drug-likeness (QED) is 0.555. The third kappa shape index (κ3) is 4.44. The van der Waals surface area contributed by atoms with Crippen molar-refractivity contribution in [3.63, 3.8) is 0 Å². The fraction of sp³-hybridized carbons (Fsp3) is 0.364. The minimum absolute atomic E-state index is 0.236. The van der Waals surface area contributed by atoms with Gasteiger partial charge in [-0.25, -0.2) is 8.42 Å². The molecule has 0 radical (unpaired) electrons. The van der Waals surface area contributed by atoms with Gasteiger partial charge in [-0.15, -0.1) is 11.3 Å². The van der Waals surface area contributed by atoms with E-state index in [0.29, 0.717) is 24.8 Å². The van der Waals surface area contributed by atoms with E-state index in [1.165, 1.54) is 15.6 Å². The number of hydrogen-bond donors (Lipinski definition) is 0. The van der Waals surface area contributed by atoms with E-state index < -0.39 is 10.0 Å². The molecule has 31 heavy (non-hydrogen) atoms. The van der Waals surface area contributed by atoms with Crippen LogP contribution in [0.2, 0.25) is 0 Å². The Morgan fingerprint density at radius 2 is 1.87 bits per heavy atom. The van der Waals surface area contributed by atoms with Crippen molar-refractivity contribution < 1.29 is 17.7 Å². The summed E-state index contributed by atoms with van der Waals surface area (Å²) in [7, 11) is -3.59. The number of thiophene rings is 1. The predicted octanol–water partition coefficient (Wildman–Crippen LogP) is 4.06. The Hall–Kier alpha value is -2.49. The highest BCUT2D eigenvalue weighted by atomic mass is 32.2. The van der Waals surface area contributed by atoms with Gasteiger partial charge in [0.1, 0.15) is 0 Å². The molecule has 1 amide bonds. The van der Waals surface area contributed by atoms with E-state index in [1.807, 2.05) is 29.6 Å². The summed E-state index contributed by atoms with van der Waals surface area (Å²) in [5.41, 5.74) is 1.37. The topological polar surface area (TPSA) is 83.7 Å². The number of benzene rings is 1. The third-order valence-electron chi connectivity index (χ3n) is 5.72. The van der Waals surface area contributed by atoms with Gasteiger partial charge in [-0.2, -0.15) is 4.31 Å². The van der Waals surface area contributed by atoms with Crippen molar-refractivity contribution >= 4 is 27.3 Å². The van der Waals surface area contributed by atoms with Crippen LogP contribution in [0.4, 0.5) is 0 Å². The molecule has 0 spiro atoms. The Kier molecular flexibility index (Phi) is 6.27. The standard InChI is InChI=1S/C22H25N3O4S2/c1-3-16(2)17-6-8-18(9-7-17)31(27,28)25-12-10-24(11-13-25)22(26)19-15-20(29-23-19)21-5-4-14-30-21/h4-9,14-16H,3,10-13H2,1-2H3. The molecule has 0 bridgehead atoms. The summed E-state index contributed by atoms with van der Waals surface area (Å²) in [5, 5.41) is 5.83. The van der Waals surface area contributed by atoms with Crippen LogP contribution in [0, 0.1) is 0 Å². The molecule has 1 aliphatic rings. The van der Waals surface area contributed by atoms with E-state index >= 15 is 0 Å². The molecule has 1 fully saturated rings. The first kappa shape index (κ1) is 21.7. The van der Waals surface area contributed by atoms with Crippen molar-refractivity contribution in [1.29, 1.82) is 0 Å². The smallest absolute Gasteiger partial charge is 0.276 e. The molecule has 0 aliphatic carbocycles. The van der Waals surface area contributed by atoms with Crippen LogP contribution in [-0.2, 0) is 10.0 Å². The first-order valence-electron chi connectivity index (χ1n) is 10.3. The number of amides is 1. The Morgan fingerprint density at radius 1 is 1.16 bits per heavy atom. The lowest BCUT2D eigenvalue weighted by Crippen LogP contribution is -2.50. The molecule has 4 rings (SSSR count). The lowest BCUT2D eigenvalue weighted by molar-refractivity contribution is 0.0687. The summed E-state index contributed by atoms with van der Waals surface area (Å²) >= 11 is 1.51. The number of sulfonamides is 1. The molecule has 0 saturated carbocycles. The van der Waals surface area contributed by atoms with Crippen LogP contribution in [0.3, 0.4) is 0 Å². The minimum Gasteiger partial charge on any atom is -0.355 e. The number of rotatable bonds is 6. The molecule has 0 N–H and O–H groups in total. The molecule has 1 aromatic carbocycles. The van der Waals surface area contributed by atoms with Crippen molar-refractivity contribution in [2.45, 2.75) is 31.1 Å². The van der Waals surface area contributed by atoms with Gasteiger partial charge in [0.05, 0.1) is 9.77 Å². The first-order chi connectivity index (χ1) is 14.9. The first-order valence-corrected chi connectivity index (χ1v) is 12.6. The van der Waals surface area contributed by atoms with Gasteiger partial charge >= 0.3 is 0 Å². The summed E-state index contributed by atoms with van der Waals surface area (Å²) in [4.78, 5) is 15.6. The number of carbonyl (C=O) groups is 1. The summed E-state index contributed by atoms with van der Waals surface area (Å²) in [6, 6.07) is 12.6. The third-order valence-corrected chi connectivity index (χ3v) is 8.52. The maximum absolute atomic E-state index is 13.0. The van der Waals surface area contributed by atoms with E-state index in [0.717, 1.165) is 16.9 Å². The Morgan fingerprint density at radius 3 is 2.48 bits per heavy atom. The number of aromatic nitrogens is 1. The van der Waals surface area contributed by atoms with Gasteiger partial charge in [-0.05, 0) is 41.5 Å². The second kappa shape index (κ2) is 8.94. The number of carbonyl (C=O) groups excluding carboxylic acids is 1. The number of nitrogens with zero attached hydrogens (tertiary/aromatic N) is 3. The van der Waals surface area contributed by atoms with Crippen LogP contribution in [0.1, 0.15) is 42.2 Å². The van der Waals surface area contributed by atoms with Gasteiger partial charge in [0.2, 0.25) is 10.0 Å². The summed E-state index contributed by atoms with van der Waals surface area (Å²) in [6.45, 7) is 5.35. The SMILES string of the molecule is CCC(C)c1ccc(S(=O)(=O)N2CCN(C(=O)c3cc(-c4cccs4)on3)CC2)cc1. The van der Waals surface area contributed by atoms with Crippen LogP contribution in [-0.4, -0.2) is 54.9 Å². The molecule has 3 heterocycles. The average Bonchev–Trinajstić information content (AvgIpc) is 3.50. The highest BCUT2D eigenvalue weighted by Gasteiger charge is 2.31. The van der Waals surface area contributed by atoms with Crippen molar-refractivity contribution in [2.24, 2.45) is 0 Å². The van der Waals surface area contributed by atoms with Crippen molar-refractivity contribution in [3.8, 4) is 10.6 Å². The largest absolute Gasteiger partial charge is 0.355 e. The minimum atomic E-state index is -3.59. The average molecular weight is 460 g/mol. The Balaban J connectivity index is 1.40. The van der Waals surface area contributed by atoms with Crippen molar-refractivity contribution in [3.05, 3.63) is 59.1 Å². The van der Waals surface area contributed by atoms with Gasteiger partial charge in [-0.1, -0.05) is 37.2 Å². The van der Waals surface area contributed by atoms with E-state index in [9.17, 15) is 13.2 Å². The molecule has 2 aromatic heterocycles. The predicted molar refractivity (Wildman–Crippen MR) is 120 cm³/mol. The van der Waals surface area contributed by atoms with E-state index in [-0.39, 0.29) is 29.6 Å². The summed E-state index contributed by atoms with van der Waals surface area (Å²) in [6.07, 6.45) is 1.00. The highest BCUT2D eigenvalue weighted by molar-refractivity contribution is 7.89. The molecule has 1 aliphatic heterocycles. The molecule has 164 valence electrons. The molecule has 1 atom stereocenters. The zero-order chi connectivity index (χ0) is 22.0. The lowest BCUT2D eigenvalue weighted by atomic mass is 9.99. The molecular formula is C22H25N3O4S2. The van der Waals surface area contributed by atoms with E-state index in [4.69, 9.17) is 4.52 Å². The van der Waals surface area contributed by atoms with Gasteiger partial charge in [0.15, 0.2) is 11.5 Å². The normalized spacial score (nSPS) is 16.4. The molecule has 1 saturated heterocycles. The molecule has 7 nitrogen and oxygen atoms in total. The fourth-order valence-electron chi connectivity index (χ4n) is 3.56.